The lowest BCUT2D eigenvalue weighted by Crippen LogP contribution is -2.45. The van der Waals surface area contributed by atoms with E-state index in [1.165, 1.54) is 4.90 Å². The summed E-state index contributed by atoms with van der Waals surface area (Å²) >= 11 is 0. The fraction of sp³-hybridized carbons (Fsp3) is 0.500. The van der Waals surface area contributed by atoms with Gasteiger partial charge in [0.15, 0.2) is 0 Å². The Bertz CT molecular complexity index is 500. The Morgan fingerprint density at radius 1 is 1.38 bits per heavy atom. The standard InChI is InChI=1S/C16H21NO4/c1-11(2)14(9-18)15(19)17-13(10-21-16(17)20)8-12-6-4-3-5-7-12/h3-7,11,13-14,18H,8-10H2,1-2H3/t13?,14-/m0/s1. The second kappa shape index (κ2) is 6.72. The Morgan fingerprint density at radius 3 is 2.62 bits per heavy atom. The molecule has 0 spiro atoms. The van der Waals surface area contributed by atoms with E-state index in [-0.39, 0.29) is 31.1 Å². The minimum absolute atomic E-state index is 0.0340. The minimum atomic E-state index is -0.611. The molecule has 1 heterocycles. The molecule has 0 saturated carbocycles. The number of amides is 2. The second-order valence-corrected chi connectivity index (χ2v) is 5.66. The average Bonchev–Trinajstić information content (AvgIpc) is 2.81. The lowest BCUT2D eigenvalue weighted by atomic mass is 9.94. The van der Waals surface area contributed by atoms with Crippen LogP contribution in [0.3, 0.4) is 0 Å². The molecule has 0 aromatic heterocycles. The van der Waals surface area contributed by atoms with Crippen molar-refractivity contribution >= 4 is 12.0 Å². The monoisotopic (exact) mass is 291 g/mol. The minimum Gasteiger partial charge on any atom is -0.447 e. The van der Waals surface area contributed by atoms with Gasteiger partial charge in [-0.2, -0.15) is 0 Å². The average molecular weight is 291 g/mol. The molecule has 2 amide bonds. The van der Waals surface area contributed by atoms with Crippen molar-refractivity contribution in [1.82, 2.24) is 4.90 Å². The maximum Gasteiger partial charge on any atom is 0.416 e. The zero-order chi connectivity index (χ0) is 15.4. The van der Waals surface area contributed by atoms with Gasteiger partial charge in [-0.05, 0) is 17.9 Å². The van der Waals surface area contributed by atoms with Crippen LogP contribution in [0.5, 0.6) is 0 Å². The van der Waals surface area contributed by atoms with Gasteiger partial charge in [0, 0.05) is 0 Å². The van der Waals surface area contributed by atoms with Crippen molar-refractivity contribution in [3.8, 4) is 0 Å². The molecule has 5 heteroatoms. The molecule has 1 aromatic carbocycles. The summed E-state index contributed by atoms with van der Waals surface area (Å²) in [6, 6.07) is 9.37. The Morgan fingerprint density at radius 2 is 2.05 bits per heavy atom. The summed E-state index contributed by atoms with van der Waals surface area (Å²) in [5.74, 6) is -0.960. The molecule has 1 fully saturated rings. The molecular weight excluding hydrogens is 270 g/mol. The van der Waals surface area contributed by atoms with E-state index in [1.807, 2.05) is 44.2 Å². The van der Waals surface area contributed by atoms with Gasteiger partial charge in [0.25, 0.3) is 0 Å². The Hall–Kier alpha value is -1.88. The molecule has 1 unspecified atom stereocenters. The van der Waals surface area contributed by atoms with Crippen molar-refractivity contribution in [3.05, 3.63) is 35.9 Å². The smallest absolute Gasteiger partial charge is 0.416 e. The molecule has 1 aliphatic rings. The van der Waals surface area contributed by atoms with Crippen molar-refractivity contribution in [1.29, 1.82) is 0 Å². The van der Waals surface area contributed by atoms with Gasteiger partial charge in [-0.15, -0.1) is 0 Å². The number of rotatable bonds is 5. The number of imide groups is 1. The van der Waals surface area contributed by atoms with Crippen LogP contribution in [0.4, 0.5) is 4.79 Å². The van der Waals surface area contributed by atoms with Crippen molar-refractivity contribution in [2.75, 3.05) is 13.2 Å². The maximum atomic E-state index is 12.5. The van der Waals surface area contributed by atoms with Crippen LogP contribution < -0.4 is 0 Å². The first-order chi connectivity index (χ1) is 10.0. The van der Waals surface area contributed by atoms with E-state index in [1.54, 1.807) is 0 Å². The molecule has 5 nitrogen and oxygen atoms in total. The fourth-order valence-corrected chi connectivity index (χ4v) is 2.52. The van der Waals surface area contributed by atoms with E-state index < -0.39 is 12.0 Å². The van der Waals surface area contributed by atoms with E-state index in [2.05, 4.69) is 0 Å². The first-order valence-corrected chi connectivity index (χ1v) is 7.19. The number of ether oxygens (including phenoxy) is 1. The third kappa shape index (κ3) is 3.42. The summed E-state index contributed by atoms with van der Waals surface area (Å²) in [4.78, 5) is 25.5. The number of cyclic esters (lactones) is 1. The molecule has 0 aliphatic carbocycles. The quantitative estimate of drug-likeness (QED) is 0.899. The van der Waals surface area contributed by atoms with Gasteiger partial charge >= 0.3 is 6.09 Å². The van der Waals surface area contributed by atoms with E-state index >= 15 is 0 Å². The normalized spacial score (nSPS) is 19.7. The second-order valence-electron chi connectivity index (χ2n) is 5.66. The van der Waals surface area contributed by atoms with Gasteiger partial charge in [0.05, 0.1) is 18.6 Å². The molecule has 0 bridgehead atoms. The largest absolute Gasteiger partial charge is 0.447 e. The van der Waals surface area contributed by atoms with Crippen LogP contribution in [0.15, 0.2) is 30.3 Å². The summed E-state index contributed by atoms with van der Waals surface area (Å²) in [6.07, 6.45) is -0.0470. The molecule has 1 aliphatic heterocycles. The number of nitrogens with zero attached hydrogens (tertiary/aromatic N) is 1. The summed E-state index contributed by atoms with van der Waals surface area (Å²) < 4.78 is 5.03. The van der Waals surface area contributed by atoms with Gasteiger partial charge in [0.2, 0.25) is 5.91 Å². The van der Waals surface area contributed by atoms with E-state index in [0.29, 0.717) is 6.42 Å². The van der Waals surface area contributed by atoms with Crippen LogP contribution in [-0.2, 0) is 16.0 Å². The number of carbonyl (C=O) groups excluding carboxylic acids is 2. The molecule has 114 valence electrons. The highest BCUT2D eigenvalue weighted by Crippen LogP contribution is 2.22. The number of hydrogen-bond donors (Lipinski definition) is 1. The van der Waals surface area contributed by atoms with Gasteiger partial charge < -0.3 is 9.84 Å². The van der Waals surface area contributed by atoms with Crippen LogP contribution in [0.1, 0.15) is 19.4 Å². The van der Waals surface area contributed by atoms with E-state index in [4.69, 9.17) is 4.74 Å². The number of benzene rings is 1. The van der Waals surface area contributed by atoms with Crippen LogP contribution in [-0.4, -0.2) is 41.3 Å². The highest BCUT2D eigenvalue weighted by Gasteiger charge is 2.41. The molecule has 21 heavy (non-hydrogen) atoms. The molecule has 1 aromatic rings. The Labute approximate surface area is 124 Å². The topological polar surface area (TPSA) is 66.8 Å². The molecule has 2 rings (SSSR count). The molecule has 1 N–H and O–H groups in total. The third-order valence-corrected chi connectivity index (χ3v) is 3.83. The summed E-state index contributed by atoms with van der Waals surface area (Å²) in [6.45, 7) is 3.65. The van der Waals surface area contributed by atoms with Crippen LogP contribution in [0, 0.1) is 11.8 Å². The van der Waals surface area contributed by atoms with Crippen LogP contribution in [0.25, 0.3) is 0 Å². The zero-order valence-corrected chi connectivity index (χ0v) is 12.4. The summed E-state index contributed by atoms with van der Waals surface area (Å²) in [7, 11) is 0. The number of carbonyl (C=O) groups is 2. The molecular formula is C16H21NO4. The molecule has 1 saturated heterocycles. The predicted molar refractivity (Wildman–Crippen MR) is 77.5 cm³/mol. The summed E-state index contributed by atoms with van der Waals surface area (Å²) in [5, 5.41) is 9.39. The van der Waals surface area contributed by atoms with E-state index in [0.717, 1.165) is 5.56 Å². The predicted octanol–water partition coefficient (Wildman–Crippen LogP) is 1.84. The van der Waals surface area contributed by atoms with Crippen molar-refractivity contribution < 1.29 is 19.4 Å². The lowest BCUT2D eigenvalue weighted by molar-refractivity contribution is -0.136. The zero-order valence-electron chi connectivity index (χ0n) is 12.4. The van der Waals surface area contributed by atoms with Crippen LogP contribution in [0.2, 0.25) is 0 Å². The van der Waals surface area contributed by atoms with Crippen molar-refractivity contribution in [2.24, 2.45) is 11.8 Å². The first kappa shape index (κ1) is 15.5. The van der Waals surface area contributed by atoms with Crippen molar-refractivity contribution in [3.63, 3.8) is 0 Å². The van der Waals surface area contributed by atoms with Crippen LogP contribution >= 0.6 is 0 Å². The number of aliphatic hydroxyl groups is 1. The highest BCUT2D eigenvalue weighted by atomic mass is 16.6. The lowest BCUT2D eigenvalue weighted by Gasteiger charge is -2.25. The van der Waals surface area contributed by atoms with Gasteiger partial charge in [0.1, 0.15) is 6.61 Å². The third-order valence-electron chi connectivity index (χ3n) is 3.83. The van der Waals surface area contributed by atoms with E-state index in [9.17, 15) is 14.7 Å². The number of aliphatic hydroxyl groups excluding tert-OH is 1. The van der Waals surface area contributed by atoms with Gasteiger partial charge in [-0.3, -0.25) is 4.79 Å². The Balaban J connectivity index is 2.15. The SMILES string of the molecule is CC(C)[C@H](CO)C(=O)N1C(=O)OCC1Cc1ccccc1. The van der Waals surface area contributed by atoms with Gasteiger partial charge in [-0.25, -0.2) is 9.69 Å². The fourth-order valence-electron chi connectivity index (χ4n) is 2.52. The number of hydrogen-bond acceptors (Lipinski definition) is 4. The first-order valence-electron chi connectivity index (χ1n) is 7.19. The summed E-state index contributed by atoms with van der Waals surface area (Å²) in [5.41, 5.74) is 1.05. The molecule has 2 atom stereocenters. The van der Waals surface area contributed by atoms with Crippen molar-refractivity contribution in [2.45, 2.75) is 26.3 Å². The maximum absolute atomic E-state index is 12.5. The van der Waals surface area contributed by atoms with Gasteiger partial charge in [-0.1, -0.05) is 44.2 Å². The molecule has 0 radical (unpaired) electrons. The highest BCUT2D eigenvalue weighted by molar-refractivity contribution is 5.95. The Kier molecular flexibility index (Phi) is 4.96.